The normalized spacial score (nSPS) is 12.6. The molecule has 0 radical (unpaired) electrons. The van der Waals surface area contributed by atoms with Gasteiger partial charge in [-0.3, -0.25) is 4.79 Å². The van der Waals surface area contributed by atoms with Crippen molar-refractivity contribution in [1.29, 1.82) is 0 Å². The maximum Gasteiger partial charge on any atom is 0.251 e. The number of nitrogens with one attached hydrogen (secondary N) is 1. The number of nitrogens with zero attached hydrogens (tertiary/aromatic N) is 2. The zero-order valence-electron chi connectivity index (χ0n) is 15.8. The van der Waals surface area contributed by atoms with Gasteiger partial charge in [0.2, 0.25) is 11.7 Å². The van der Waals surface area contributed by atoms with Crippen LogP contribution in [-0.2, 0) is 5.41 Å². The second-order valence-corrected chi connectivity index (χ2v) is 7.87. The van der Waals surface area contributed by atoms with Crippen LogP contribution in [0.15, 0.2) is 53.1 Å². The van der Waals surface area contributed by atoms with Gasteiger partial charge in [0.25, 0.3) is 5.91 Å². The summed E-state index contributed by atoms with van der Waals surface area (Å²) in [4.78, 5) is 16.9. The summed E-state index contributed by atoms with van der Waals surface area (Å²) >= 11 is 6.17. The van der Waals surface area contributed by atoms with E-state index in [0.29, 0.717) is 27.9 Å². The van der Waals surface area contributed by atoms with Crippen LogP contribution in [0.25, 0.3) is 11.4 Å². The van der Waals surface area contributed by atoms with Crippen molar-refractivity contribution >= 4 is 17.5 Å². The lowest BCUT2D eigenvalue weighted by Gasteiger charge is -2.19. The van der Waals surface area contributed by atoms with E-state index in [1.807, 2.05) is 42.5 Å². The second-order valence-electron chi connectivity index (χ2n) is 7.46. The van der Waals surface area contributed by atoms with Gasteiger partial charge in [0.05, 0.1) is 5.02 Å². The number of carbonyl (C=O) groups is 1. The Balaban J connectivity index is 1.71. The Morgan fingerprint density at radius 2 is 1.78 bits per heavy atom. The van der Waals surface area contributed by atoms with Gasteiger partial charge in [-0.15, -0.1) is 0 Å². The molecular formula is C21H22ClN3O2. The van der Waals surface area contributed by atoms with Crippen molar-refractivity contribution < 1.29 is 9.32 Å². The zero-order valence-corrected chi connectivity index (χ0v) is 16.5. The van der Waals surface area contributed by atoms with Gasteiger partial charge in [-0.05, 0) is 42.2 Å². The average molecular weight is 384 g/mol. The van der Waals surface area contributed by atoms with Gasteiger partial charge < -0.3 is 9.84 Å². The van der Waals surface area contributed by atoms with E-state index < -0.39 is 6.04 Å². The molecule has 1 N–H and O–H groups in total. The number of halogens is 1. The minimum Gasteiger partial charge on any atom is -0.341 e. The van der Waals surface area contributed by atoms with Crippen molar-refractivity contribution in [1.82, 2.24) is 15.5 Å². The fraction of sp³-hybridized carbons (Fsp3) is 0.286. The van der Waals surface area contributed by atoms with E-state index in [1.54, 1.807) is 13.0 Å². The molecule has 1 amide bonds. The van der Waals surface area contributed by atoms with Crippen molar-refractivity contribution in [2.24, 2.45) is 0 Å². The Morgan fingerprint density at radius 3 is 2.41 bits per heavy atom. The van der Waals surface area contributed by atoms with Gasteiger partial charge in [-0.25, -0.2) is 0 Å². The third-order valence-corrected chi connectivity index (χ3v) is 4.62. The Kier molecular flexibility index (Phi) is 5.33. The molecule has 5 nitrogen and oxygen atoms in total. The molecule has 0 bridgehead atoms. The van der Waals surface area contributed by atoms with Crippen molar-refractivity contribution in [3.05, 3.63) is 70.6 Å². The summed E-state index contributed by atoms with van der Waals surface area (Å²) < 4.78 is 5.30. The molecule has 1 heterocycles. The first-order valence-electron chi connectivity index (χ1n) is 8.75. The molecule has 0 aliphatic carbocycles. The van der Waals surface area contributed by atoms with E-state index >= 15 is 0 Å². The van der Waals surface area contributed by atoms with E-state index in [9.17, 15) is 4.79 Å². The van der Waals surface area contributed by atoms with Gasteiger partial charge in [0, 0.05) is 11.1 Å². The minimum atomic E-state index is -0.427. The standard InChI is InChI=1S/C21H22ClN3O2/c1-13(20-24-18(25-27-20)16-7-5-6-8-17(16)22)23-19(26)14-9-11-15(12-10-14)21(2,3)4/h5-13H,1-4H3,(H,23,26)/t13-/m1/s1. The number of benzene rings is 2. The first kappa shape index (κ1) is 19.1. The van der Waals surface area contributed by atoms with Crippen LogP contribution in [0.1, 0.15) is 55.5 Å². The number of carbonyl (C=O) groups excluding carboxylic acids is 1. The van der Waals surface area contributed by atoms with Crippen molar-refractivity contribution in [2.45, 2.75) is 39.2 Å². The average Bonchev–Trinajstić information content (AvgIpc) is 3.11. The summed E-state index contributed by atoms with van der Waals surface area (Å²) in [7, 11) is 0. The molecule has 0 saturated carbocycles. The number of hydrogen-bond donors (Lipinski definition) is 1. The van der Waals surface area contributed by atoms with E-state index in [0.717, 1.165) is 0 Å². The van der Waals surface area contributed by atoms with Crippen LogP contribution in [-0.4, -0.2) is 16.0 Å². The molecule has 3 rings (SSSR count). The number of rotatable bonds is 4. The van der Waals surface area contributed by atoms with Gasteiger partial charge in [0.1, 0.15) is 6.04 Å². The van der Waals surface area contributed by atoms with E-state index in [4.69, 9.17) is 16.1 Å². The van der Waals surface area contributed by atoms with Gasteiger partial charge in [0.15, 0.2) is 0 Å². The van der Waals surface area contributed by atoms with Crippen LogP contribution < -0.4 is 5.32 Å². The molecule has 0 saturated heterocycles. The first-order chi connectivity index (χ1) is 12.8. The van der Waals surface area contributed by atoms with Gasteiger partial charge >= 0.3 is 0 Å². The minimum absolute atomic E-state index is 0.0428. The van der Waals surface area contributed by atoms with Crippen molar-refractivity contribution in [2.75, 3.05) is 0 Å². The monoisotopic (exact) mass is 383 g/mol. The first-order valence-corrected chi connectivity index (χ1v) is 9.13. The molecule has 140 valence electrons. The molecule has 0 aliphatic rings. The van der Waals surface area contributed by atoms with Crippen LogP contribution in [0.5, 0.6) is 0 Å². The molecule has 1 atom stereocenters. The fourth-order valence-electron chi connectivity index (χ4n) is 2.63. The lowest BCUT2D eigenvalue weighted by atomic mass is 9.86. The van der Waals surface area contributed by atoms with E-state index in [2.05, 4.69) is 36.2 Å². The predicted molar refractivity (Wildman–Crippen MR) is 106 cm³/mol. The largest absolute Gasteiger partial charge is 0.341 e. The quantitative estimate of drug-likeness (QED) is 0.674. The second kappa shape index (κ2) is 7.53. The maximum atomic E-state index is 12.5. The smallest absolute Gasteiger partial charge is 0.251 e. The maximum absolute atomic E-state index is 12.5. The Labute approximate surface area is 163 Å². The highest BCUT2D eigenvalue weighted by Gasteiger charge is 2.20. The third kappa shape index (κ3) is 4.37. The van der Waals surface area contributed by atoms with Crippen LogP contribution in [0.4, 0.5) is 0 Å². The SMILES string of the molecule is C[C@@H](NC(=O)c1ccc(C(C)(C)C)cc1)c1nc(-c2ccccc2Cl)no1. The number of aromatic nitrogens is 2. The summed E-state index contributed by atoms with van der Waals surface area (Å²) in [6.07, 6.45) is 0. The highest BCUT2D eigenvalue weighted by Crippen LogP contribution is 2.26. The van der Waals surface area contributed by atoms with E-state index in [1.165, 1.54) is 5.56 Å². The highest BCUT2D eigenvalue weighted by atomic mass is 35.5. The number of hydrogen-bond acceptors (Lipinski definition) is 4. The molecule has 0 unspecified atom stereocenters. The summed E-state index contributed by atoms with van der Waals surface area (Å²) in [6, 6.07) is 14.4. The molecule has 0 aliphatic heterocycles. The summed E-state index contributed by atoms with van der Waals surface area (Å²) in [6.45, 7) is 8.20. The van der Waals surface area contributed by atoms with Crippen LogP contribution >= 0.6 is 11.6 Å². The molecule has 2 aromatic carbocycles. The van der Waals surface area contributed by atoms with Gasteiger partial charge in [-0.2, -0.15) is 4.98 Å². The van der Waals surface area contributed by atoms with Crippen molar-refractivity contribution in [3.63, 3.8) is 0 Å². The molecule has 27 heavy (non-hydrogen) atoms. The third-order valence-electron chi connectivity index (χ3n) is 4.29. The van der Waals surface area contributed by atoms with E-state index in [-0.39, 0.29) is 11.3 Å². The van der Waals surface area contributed by atoms with Crippen LogP contribution in [0.2, 0.25) is 5.02 Å². The van der Waals surface area contributed by atoms with Crippen molar-refractivity contribution in [3.8, 4) is 11.4 Å². The van der Waals surface area contributed by atoms with Crippen LogP contribution in [0, 0.1) is 0 Å². The molecule has 3 aromatic rings. The zero-order chi connectivity index (χ0) is 19.6. The molecular weight excluding hydrogens is 362 g/mol. The Bertz CT molecular complexity index is 943. The Morgan fingerprint density at radius 1 is 1.11 bits per heavy atom. The van der Waals surface area contributed by atoms with Gasteiger partial charge in [-0.1, -0.05) is 61.8 Å². The highest BCUT2D eigenvalue weighted by molar-refractivity contribution is 6.33. The van der Waals surface area contributed by atoms with Crippen LogP contribution in [0.3, 0.4) is 0 Å². The fourth-order valence-corrected chi connectivity index (χ4v) is 2.85. The summed E-state index contributed by atoms with van der Waals surface area (Å²) in [5.41, 5.74) is 2.49. The number of amides is 1. The molecule has 1 aromatic heterocycles. The lowest BCUT2D eigenvalue weighted by Crippen LogP contribution is -2.27. The molecule has 6 heteroatoms. The topological polar surface area (TPSA) is 68.0 Å². The molecule has 0 fully saturated rings. The predicted octanol–water partition coefficient (Wildman–Crippen LogP) is 5.18. The summed E-state index contributed by atoms with van der Waals surface area (Å²) in [5, 5.41) is 7.39. The lowest BCUT2D eigenvalue weighted by molar-refractivity contribution is 0.0932. The summed E-state index contributed by atoms with van der Waals surface area (Å²) in [5.74, 6) is 0.524. The Hall–Kier alpha value is -2.66. The molecule has 0 spiro atoms.